The Kier molecular flexibility index (Phi) is 6.78. The molecule has 1 aliphatic heterocycles. The van der Waals surface area contributed by atoms with Gasteiger partial charge in [0.05, 0.1) is 16.9 Å². The lowest BCUT2D eigenvalue weighted by atomic mass is 9.78. The lowest BCUT2D eigenvalue weighted by Crippen LogP contribution is -2.47. The van der Waals surface area contributed by atoms with E-state index in [-0.39, 0.29) is 23.7 Å². The first-order valence-corrected chi connectivity index (χ1v) is 11.6. The van der Waals surface area contributed by atoms with Crippen LogP contribution in [0, 0.1) is 23.7 Å². The SMILES string of the molecule is NC(=O)[C@H]1[C@@H]2CC[C@@H](C2)[C@H]1C(=O)NCCCCN1CCN(c2ccc(Cl)cn2)CC1. The fourth-order valence-electron chi connectivity index (χ4n) is 5.62. The van der Waals surface area contributed by atoms with Crippen LogP contribution in [0.4, 0.5) is 5.82 Å². The average Bonchev–Trinajstić information content (AvgIpc) is 3.36. The van der Waals surface area contributed by atoms with Gasteiger partial charge < -0.3 is 16.0 Å². The van der Waals surface area contributed by atoms with Gasteiger partial charge in [-0.25, -0.2) is 4.98 Å². The summed E-state index contributed by atoms with van der Waals surface area (Å²) in [5.41, 5.74) is 5.59. The van der Waals surface area contributed by atoms with E-state index in [1.165, 1.54) is 0 Å². The van der Waals surface area contributed by atoms with Crippen molar-refractivity contribution >= 4 is 29.2 Å². The molecule has 0 aromatic carbocycles. The summed E-state index contributed by atoms with van der Waals surface area (Å²) in [4.78, 5) is 33.6. The quantitative estimate of drug-likeness (QED) is 0.611. The second kappa shape index (κ2) is 9.52. The molecule has 0 unspecified atom stereocenters. The summed E-state index contributed by atoms with van der Waals surface area (Å²) in [7, 11) is 0. The lowest BCUT2D eigenvalue weighted by Gasteiger charge is -2.35. The molecule has 0 radical (unpaired) electrons. The zero-order valence-corrected chi connectivity index (χ0v) is 18.2. The highest BCUT2D eigenvalue weighted by Gasteiger charge is 2.53. The number of unbranched alkanes of at least 4 members (excludes halogenated alkanes) is 1. The number of carbonyl (C=O) groups excluding carboxylic acids is 2. The van der Waals surface area contributed by atoms with E-state index in [4.69, 9.17) is 17.3 Å². The normalized spacial score (nSPS) is 28.6. The Hall–Kier alpha value is -1.86. The molecule has 4 atom stereocenters. The summed E-state index contributed by atoms with van der Waals surface area (Å²) in [5, 5.41) is 3.73. The van der Waals surface area contributed by atoms with Crippen molar-refractivity contribution in [2.24, 2.45) is 29.4 Å². The third-order valence-electron chi connectivity index (χ3n) is 7.16. The Morgan fingerprint density at radius 1 is 1.10 bits per heavy atom. The fourth-order valence-corrected chi connectivity index (χ4v) is 5.74. The lowest BCUT2D eigenvalue weighted by molar-refractivity contribution is -0.135. The number of carbonyl (C=O) groups is 2. The van der Waals surface area contributed by atoms with Gasteiger partial charge in [-0.15, -0.1) is 0 Å². The summed E-state index contributed by atoms with van der Waals surface area (Å²) in [6.07, 6.45) is 6.79. The Balaban J connectivity index is 1.12. The van der Waals surface area contributed by atoms with E-state index in [2.05, 4.69) is 20.1 Å². The van der Waals surface area contributed by atoms with Crippen LogP contribution < -0.4 is 16.0 Å². The number of nitrogens with two attached hydrogens (primary N) is 1. The van der Waals surface area contributed by atoms with Crippen molar-refractivity contribution in [1.82, 2.24) is 15.2 Å². The number of anilines is 1. The molecule has 3 aliphatic rings. The van der Waals surface area contributed by atoms with Crippen LogP contribution in [0.15, 0.2) is 18.3 Å². The van der Waals surface area contributed by atoms with Crippen LogP contribution >= 0.6 is 11.6 Å². The van der Waals surface area contributed by atoms with Crippen molar-refractivity contribution in [1.29, 1.82) is 0 Å². The number of nitrogens with one attached hydrogen (secondary N) is 1. The summed E-state index contributed by atoms with van der Waals surface area (Å²) in [5.74, 6) is 0.942. The Morgan fingerprint density at radius 2 is 1.83 bits per heavy atom. The first kappa shape index (κ1) is 21.4. The minimum Gasteiger partial charge on any atom is -0.369 e. The molecule has 3 fully saturated rings. The van der Waals surface area contributed by atoms with E-state index < -0.39 is 0 Å². The highest BCUT2D eigenvalue weighted by molar-refractivity contribution is 6.30. The van der Waals surface area contributed by atoms with E-state index in [0.717, 1.165) is 70.6 Å². The van der Waals surface area contributed by atoms with Gasteiger partial charge >= 0.3 is 0 Å². The van der Waals surface area contributed by atoms with Crippen LogP contribution in [0.1, 0.15) is 32.1 Å². The zero-order chi connectivity index (χ0) is 21.1. The van der Waals surface area contributed by atoms with Crippen molar-refractivity contribution in [2.75, 3.05) is 44.2 Å². The number of amides is 2. The Bertz CT molecular complexity index is 750. The second-order valence-corrected chi connectivity index (χ2v) is 9.39. The highest BCUT2D eigenvalue weighted by atomic mass is 35.5. The van der Waals surface area contributed by atoms with Gasteiger partial charge in [-0.1, -0.05) is 11.6 Å². The molecule has 2 heterocycles. The van der Waals surface area contributed by atoms with E-state index in [1.807, 2.05) is 12.1 Å². The molecule has 7 nitrogen and oxygen atoms in total. The largest absolute Gasteiger partial charge is 0.369 e. The van der Waals surface area contributed by atoms with Crippen molar-refractivity contribution < 1.29 is 9.59 Å². The molecule has 3 N–H and O–H groups in total. The topological polar surface area (TPSA) is 91.6 Å². The third kappa shape index (κ3) is 4.72. The molecule has 0 spiro atoms. The van der Waals surface area contributed by atoms with Crippen molar-refractivity contribution in [2.45, 2.75) is 32.1 Å². The van der Waals surface area contributed by atoms with Gasteiger partial charge in [-0.3, -0.25) is 14.5 Å². The van der Waals surface area contributed by atoms with Gasteiger partial charge in [0.25, 0.3) is 0 Å². The molecule has 2 saturated carbocycles. The maximum Gasteiger partial charge on any atom is 0.224 e. The monoisotopic (exact) mass is 433 g/mol. The van der Waals surface area contributed by atoms with Crippen LogP contribution in [0.25, 0.3) is 0 Å². The standard InChI is InChI=1S/C22H32ClN5O2/c23-17-5-6-18(26-14-17)28-11-9-27(10-12-28)8-2-1-7-25-22(30)20-16-4-3-15(13-16)19(20)21(24)29/h5-6,14-16,19-20H,1-4,7-13H2,(H2,24,29)(H,25,30)/t15-,16+,19+,20-/m1/s1. The smallest absolute Gasteiger partial charge is 0.224 e. The number of fused-ring (bicyclic) bond motifs is 2. The van der Waals surface area contributed by atoms with Crippen LogP contribution in [-0.4, -0.2) is 61.0 Å². The summed E-state index contributed by atoms with van der Waals surface area (Å²) in [6, 6.07) is 3.85. The zero-order valence-electron chi connectivity index (χ0n) is 17.4. The number of hydrogen-bond donors (Lipinski definition) is 2. The molecule has 4 rings (SSSR count). The number of piperazine rings is 1. The van der Waals surface area contributed by atoms with Gasteiger partial charge in [-0.2, -0.15) is 0 Å². The summed E-state index contributed by atoms with van der Waals surface area (Å²) in [6.45, 7) is 5.67. The Morgan fingerprint density at radius 3 is 2.50 bits per heavy atom. The van der Waals surface area contributed by atoms with Gasteiger partial charge in [0.15, 0.2) is 0 Å². The first-order chi connectivity index (χ1) is 14.5. The minimum atomic E-state index is -0.296. The predicted octanol–water partition coefficient (Wildman–Crippen LogP) is 1.90. The molecule has 2 bridgehead atoms. The minimum absolute atomic E-state index is 0.0371. The van der Waals surface area contributed by atoms with Crippen LogP contribution in [0.3, 0.4) is 0 Å². The predicted molar refractivity (Wildman–Crippen MR) is 117 cm³/mol. The number of aromatic nitrogens is 1. The average molecular weight is 434 g/mol. The van der Waals surface area contributed by atoms with Gasteiger partial charge in [0.1, 0.15) is 5.82 Å². The van der Waals surface area contributed by atoms with Crippen LogP contribution in [-0.2, 0) is 9.59 Å². The number of rotatable bonds is 8. The number of halogens is 1. The highest BCUT2D eigenvalue weighted by Crippen LogP contribution is 2.52. The molecule has 1 aromatic rings. The Labute approximate surface area is 183 Å². The first-order valence-electron chi connectivity index (χ1n) is 11.2. The fraction of sp³-hybridized carbons (Fsp3) is 0.682. The number of primary amides is 1. The van der Waals surface area contributed by atoms with Crippen molar-refractivity contribution in [3.05, 3.63) is 23.4 Å². The second-order valence-electron chi connectivity index (χ2n) is 8.95. The molecule has 164 valence electrons. The van der Waals surface area contributed by atoms with Gasteiger partial charge in [0, 0.05) is 38.9 Å². The summed E-state index contributed by atoms with van der Waals surface area (Å²) >= 11 is 5.91. The molecule has 1 aromatic heterocycles. The van der Waals surface area contributed by atoms with E-state index >= 15 is 0 Å². The van der Waals surface area contributed by atoms with Gasteiger partial charge in [0.2, 0.25) is 11.8 Å². The molecule has 2 aliphatic carbocycles. The number of nitrogens with zero attached hydrogens (tertiary/aromatic N) is 3. The number of pyridine rings is 1. The molecular formula is C22H32ClN5O2. The van der Waals surface area contributed by atoms with Crippen LogP contribution in [0.2, 0.25) is 5.02 Å². The van der Waals surface area contributed by atoms with E-state index in [9.17, 15) is 9.59 Å². The molecule has 2 amide bonds. The van der Waals surface area contributed by atoms with E-state index in [1.54, 1.807) is 6.20 Å². The molecule has 1 saturated heterocycles. The van der Waals surface area contributed by atoms with Gasteiger partial charge in [-0.05, 0) is 62.6 Å². The molecule has 30 heavy (non-hydrogen) atoms. The summed E-state index contributed by atoms with van der Waals surface area (Å²) < 4.78 is 0. The number of hydrogen-bond acceptors (Lipinski definition) is 5. The molecule has 8 heteroatoms. The maximum absolute atomic E-state index is 12.7. The maximum atomic E-state index is 12.7. The third-order valence-corrected chi connectivity index (χ3v) is 7.38. The van der Waals surface area contributed by atoms with Crippen molar-refractivity contribution in [3.8, 4) is 0 Å². The van der Waals surface area contributed by atoms with E-state index in [0.29, 0.717) is 23.4 Å². The van der Waals surface area contributed by atoms with Crippen molar-refractivity contribution in [3.63, 3.8) is 0 Å². The molecular weight excluding hydrogens is 402 g/mol. The van der Waals surface area contributed by atoms with Crippen LogP contribution in [0.5, 0.6) is 0 Å².